The monoisotopic (exact) mass is 300 g/mol. The van der Waals surface area contributed by atoms with Gasteiger partial charge in [0.05, 0.1) is 12.7 Å². The summed E-state index contributed by atoms with van der Waals surface area (Å²) in [6, 6.07) is 0. The first-order chi connectivity index (χ1) is 8.86. The molecule has 2 aromatic heterocycles. The van der Waals surface area contributed by atoms with E-state index in [1.807, 2.05) is 0 Å². The molecule has 102 valence electrons. The Balaban J connectivity index is 2.26. The SMILES string of the molecule is Cc1ncc(S(C)(=O)=O)c(NCc2nnc(N)s2)n1. The molecule has 8 nitrogen and oxygen atoms in total. The summed E-state index contributed by atoms with van der Waals surface area (Å²) in [5.41, 5.74) is 5.47. The van der Waals surface area contributed by atoms with Crippen molar-refractivity contribution in [2.24, 2.45) is 0 Å². The van der Waals surface area contributed by atoms with Crippen molar-refractivity contribution >= 4 is 32.1 Å². The van der Waals surface area contributed by atoms with Gasteiger partial charge >= 0.3 is 0 Å². The third-order valence-electron chi connectivity index (χ3n) is 2.16. The Bertz CT molecular complexity index is 696. The molecule has 19 heavy (non-hydrogen) atoms. The van der Waals surface area contributed by atoms with E-state index < -0.39 is 9.84 Å². The highest BCUT2D eigenvalue weighted by Crippen LogP contribution is 2.19. The quantitative estimate of drug-likeness (QED) is 0.822. The van der Waals surface area contributed by atoms with Crippen LogP contribution in [0.2, 0.25) is 0 Å². The molecule has 0 bridgehead atoms. The van der Waals surface area contributed by atoms with E-state index in [0.29, 0.717) is 22.5 Å². The van der Waals surface area contributed by atoms with Gasteiger partial charge in [-0.05, 0) is 6.92 Å². The third kappa shape index (κ3) is 3.35. The van der Waals surface area contributed by atoms with E-state index in [1.165, 1.54) is 17.5 Å². The molecule has 2 heterocycles. The van der Waals surface area contributed by atoms with Gasteiger partial charge in [-0.2, -0.15) is 0 Å². The average Bonchev–Trinajstić information content (AvgIpc) is 2.71. The van der Waals surface area contributed by atoms with Crippen molar-refractivity contribution in [3.05, 3.63) is 17.0 Å². The van der Waals surface area contributed by atoms with Crippen molar-refractivity contribution in [2.75, 3.05) is 17.3 Å². The summed E-state index contributed by atoms with van der Waals surface area (Å²) in [6.07, 6.45) is 2.39. The first kappa shape index (κ1) is 13.6. The summed E-state index contributed by atoms with van der Waals surface area (Å²) < 4.78 is 23.2. The minimum absolute atomic E-state index is 0.0515. The van der Waals surface area contributed by atoms with Gasteiger partial charge in [-0.25, -0.2) is 18.4 Å². The van der Waals surface area contributed by atoms with Crippen molar-refractivity contribution in [3.63, 3.8) is 0 Å². The minimum atomic E-state index is -3.39. The Morgan fingerprint density at radius 1 is 1.42 bits per heavy atom. The van der Waals surface area contributed by atoms with Crippen LogP contribution in [0.25, 0.3) is 0 Å². The second-order valence-corrected chi connectivity index (χ2v) is 6.87. The number of nitrogens with two attached hydrogens (primary N) is 1. The molecule has 10 heteroatoms. The van der Waals surface area contributed by atoms with Crippen LogP contribution in [0.1, 0.15) is 10.8 Å². The molecule has 0 fully saturated rings. The molecule has 0 aliphatic rings. The Morgan fingerprint density at radius 3 is 2.74 bits per heavy atom. The number of sulfone groups is 1. The van der Waals surface area contributed by atoms with Crippen LogP contribution in [0.4, 0.5) is 10.9 Å². The highest BCUT2D eigenvalue weighted by atomic mass is 32.2. The molecule has 0 aliphatic heterocycles. The maximum atomic E-state index is 11.6. The van der Waals surface area contributed by atoms with Crippen molar-refractivity contribution in [2.45, 2.75) is 18.4 Å². The lowest BCUT2D eigenvalue weighted by Crippen LogP contribution is -2.10. The number of rotatable bonds is 4. The van der Waals surface area contributed by atoms with Crippen LogP contribution >= 0.6 is 11.3 Å². The zero-order valence-corrected chi connectivity index (χ0v) is 11.9. The van der Waals surface area contributed by atoms with Gasteiger partial charge in [0.25, 0.3) is 0 Å². The van der Waals surface area contributed by atoms with Crippen molar-refractivity contribution in [1.82, 2.24) is 20.2 Å². The molecule has 0 unspecified atom stereocenters. The maximum Gasteiger partial charge on any atom is 0.203 e. The number of anilines is 2. The summed E-state index contributed by atoms with van der Waals surface area (Å²) in [4.78, 5) is 8.03. The minimum Gasteiger partial charge on any atom is -0.374 e. The van der Waals surface area contributed by atoms with Gasteiger partial charge in [0.1, 0.15) is 21.5 Å². The smallest absolute Gasteiger partial charge is 0.203 e. The maximum absolute atomic E-state index is 11.6. The number of hydrogen-bond acceptors (Lipinski definition) is 9. The van der Waals surface area contributed by atoms with E-state index in [-0.39, 0.29) is 10.7 Å². The first-order valence-corrected chi connectivity index (χ1v) is 7.92. The molecular formula is C9H12N6O2S2. The molecule has 3 N–H and O–H groups in total. The first-order valence-electron chi connectivity index (χ1n) is 5.21. The number of nitrogens with one attached hydrogen (secondary N) is 1. The number of hydrogen-bond donors (Lipinski definition) is 2. The topological polar surface area (TPSA) is 124 Å². The van der Waals surface area contributed by atoms with Gasteiger partial charge in [-0.3, -0.25) is 0 Å². The summed E-state index contributed by atoms with van der Waals surface area (Å²) >= 11 is 1.22. The van der Waals surface area contributed by atoms with Crippen LogP contribution in [0.5, 0.6) is 0 Å². The normalized spacial score (nSPS) is 11.5. The second-order valence-electron chi connectivity index (χ2n) is 3.79. The van der Waals surface area contributed by atoms with E-state index in [2.05, 4.69) is 25.5 Å². The molecule has 2 aromatic rings. The Kier molecular flexibility index (Phi) is 3.62. The number of aromatic nitrogens is 4. The van der Waals surface area contributed by atoms with Crippen molar-refractivity contribution in [1.29, 1.82) is 0 Å². The van der Waals surface area contributed by atoms with Gasteiger partial charge in [0, 0.05) is 6.26 Å². The van der Waals surface area contributed by atoms with Gasteiger partial charge in [0.15, 0.2) is 9.84 Å². The fourth-order valence-electron chi connectivity index (χ4n) is 1.35. The van der Waals surface area contributed by atoms with E-state index in [1.54, 1.807) is 6.92 Å². The van der Waals surface area contributed by atoms with Crippen molar-refractivity contribution in [3.8, 4) is 0 Å². The third-order valence-corrected chi connectivity index (χ3v) is 4.01. The van der Waals surface area contributed by atoms with E-state index in [0.717, 1.165) is 6.26 Å². The van der Waals surface area contributed by atoms with Crippen LogP contribution < -0.4 is 11.1 Å². The molecule has 0 spiro atoms. The van der Waals surface area contributed by atoms with Crippen molar-refractivity contribution < 1.29 is 8.42 Å². The highest BCUT2D eigenvalue weighted by molar-refractivity contribution is 7.90. The molecule has 0 aromatic carbocycles. The van der Waals surface area contributed by atoms with Gasteiger partial charge in [-0.15, -0.1) is 10.2 Å². The summed E-state index contributed by atoms with van der Waals surface area (Å²) in [7, 11) is -3.39. The summed E-state index contributed by atoms with van der Waals surface area (Å²) in [5, 5.41) is 11.4. The molecule has 0 atom stereocenters. The predicted octanol–water partition coefficient (Wildman–Crippen LogP) is 0.234. The second kappa shape index (κ2) is 5.05. The predicted molar refractivity (Wildman–Crippen MR) is 71.5 cm³/mol. The van der Waals surface area contributed by atoms with E-state index in [9.17, 15) is 8.42 Å². The van der Waals surface area contributed by atoms with Crippen LogP contribution in [0.15, 0.2) is 11.1 Å². The molecule has 0 saturated carbocycles. The number of aryl methyl sites for hydroxylation is 1. The van der Waals surface area contributed by atoms with Gasteiger partial charge in [-0.1, -0.05) is 11.3 Å². The lowest BCUT2D eigenvalue weighted by molar-refractivity contribution is 0.601. The van der Waals surface area contributed by atoms with Gasteiger partial charge in [0.2, 0.25) is 5.13 Å². The average molecular weight is 300 g/mol. The van der Waals surface area contributed by atoms with Gasteiger partial charge < -0.3 is 11.1 Å². The fourth-order valence-corrected chi connectivity index (χ4v) is 2.62. The Morgan fingerprint density at radius 2 is 2.16 bits per heavy atom. The number of nitrogens with zero attached hydrogens (tertiary/aromatic N) is 4. The van der Waals surface area contributed by atoms with E-state index >= 15 is 0 Å². The molecule has 0 radical (unpaired) electrons. The Labute approximate surface area is 114 Å². The molecule has 0 amide bonds. The van der Waals surface area contributed by atoms with Crippen LogP contribution in [-0.2, 0) is 16.4 Å². The van der Waals surface area contributed by atoms with Crippen LogP contribution in [0.3, 0.4) is 0 Å². The fraction of sp³-hybridized carbons (Fsp3) is 0.333. The standard InChI is InChI=1S/C9H12N6O2S2/c1-5-11-3-6(19(2,16)17)8(13-5)12-4-7-14-15-9(10)18-7/h3H,4H2,1-2H3,(H2,10,15)(H,11,12,13). The summed E-state index contributed by atoms with van der Waals surface area (Å²) in [5.74, 6) is 0.732. The number of nitrogen functional groups attached to an aromatic ring is 1. The molecule has 2 rings (SSSR count). The van der Waals surface area contributed by atoms with E-state index in [4.69, 9.17) is 5.73 Å². The largest absolute Gasteiger partial charge is 0.374 e. The Hall–Kier alpha value is -1.81. The lowest BCUT2D eigenvalue weighted by Gasteiger charge is -2.08. The van der Waals surface area contributed by atoms with Crippen LogP contribution in [0, 0.1) is 6.92 Å². The molecule has 0 aliphatic carbocycles. The zero-order chi connectivity index (χ0) is 14.0. The van der Waals surface area contributed by atoms with Crippen LogP contribution in [-0.4, -0.2) is 34.8 Å². The molecule has 0 saturated heterocycles. The highest BCUT2D eigenvalue weighted by Gasteiger charge is 2.16. The molecular weight excluding hydrogens is 288 g/mol. The summed E-state index contributed by atoms with van der Waals surface area (Å²) in [6.45, 7) is 1.98. The zero-order valence-electron chi connectivity index (χ0n) is 10.3. The lowest BCUT2D eigenvalue weighted by atomic mass is 10.5.